The molecule has 0 bridgehead atoms. The van der Waals surface area contributed by atoms with E-state index in [0.29, 0.717) is 22.5 Å². The molecule has 0 amide bonds. The summed E-state index contributed by atoms with van der Waals surface area (Å²) in [5, 5.41) is 16.0. The molecular weight excluding hydrogens is 274 g/mol. The lowest BCUT2D eigenvalue weighted by Crippen LogP contribution is -2.07. The molecule has 1 rings (SSSR count). The fraction of sp³-hybridized carbons (Fsp3) is 0.727. The van der Waals surface area contributed by atoms with Crippen LogP contribution in [0.25, 0.3) is 0 Å². The lowest BCUT2D eigenvalue weighted by molar-refractivity contribution is -0.388. The van der Waals surface area contributed by atoms with E-state index >= 15 is 0 Å². The van der Waals surface area contributed by atoms with Crippen molar-refractivity contribution >= 4 is 29.1 Å². The molecule has 5 nitrogen and oxygen atoms in total. The van der Waals surface area contributed by atoms with Crippen molar-refractivity contribution in [2.45, 2.75) is 38.8 Å². The molecule has 0 spiro atoms. The van der Waals surface area contributed by atoms with E-state index in [-0.39, 0.29) is 16.7 Å². The van der Waals surface area contributed by atoms with Crippen LogP contribution in [0.5, 0.6) is 0 Å². The van der Waals surface area contributed by atoms with E-state index in [2.05, 4.69) is 5.10 Å². The van der Waals surface area contributed by atoms with Crippen LogP contribution in [-0.4, -0.2) is 26.3 Å². The second-order valence-corrected chi connectivity index (χ2v) is 5.92. The van der Waals surface area contributed by atoms with Crippen molar-refractivity contribution in [3.63, 3.8) is 0 Å². The van der Waals surface area contributed by atoms with Crippen molar-refractivity contribution in [2.24, 2.45) is 5.92 Å². The Hall–Kier alpha value is -0.750. The number of hydrogen-bond acceptors (Lipinski definition) is 4. The lowest BCUT2D eigenvalue weighted by atomic mass is 10.3. The molecule has 102 valence electrons. The van der Waals surface area contributed by atoms with Gasteiger partial charge in [-0.25, -0.2) is 4.68 Å². The van der Waals surface area contributed by atoms with E-state index < -0.39 is 0 Å². The Morgan fingerprint density at radius 3 is 2.56 bits per heavy atom. The van der Waals surface area contributed by atoms with Gasteiger partial charge in [-0.3, -0.25) is 10.1 Å². The fourth-order valence-electron chi connectivity index (χ4n) is 1.48. The first kappa shape index (κ1) is 15.3. The van der Waals surface area contributed by atoms with Gasteiger partial charge in [-0.15, -0.1) is 11.6 Å². The molecule has 0 aliphatic carbocycles. The molecule has 1 unspecified atom stereocenters. The number of hydrogen-bond donors (Lipinski definition) is 0. The van der Waals surface area contributed by atoms with Crippen molar-refractivity contribution < 1.29 is 4.92 Å². The Morgan fingerprint density at radius 1 is 1.50 bits per heavy atom. The van der Waals surface area contributed by atoms with Gasteiger partial charge in [0.1, 0.15) is 5.69 Å². The number of nitrogens with zero attached hydrogens (tertiary/aromatic N) is 3. The first-order valence-electron chi connectivity index (χ1n) is 5.80. The highest BCUT2D eigenvalue weighted by atomic mass is 35.5. The van der Waals surface area contributed by atoms with Gasteiger partial charge in [-0.1, -0.05) is 18.7 Å². The number of aromatic nitrogens is 2. The van der Waals surface area contributed by atoms with Crippen LogP contribution in [0.1, 0.15) is 32.5 Å². The zero-order valence-corrected chi connectivity index (χ0v) is 12.6. The van der Waals surface area contributed by atoms with E-state index in [1.54, 1.807) is 11.6 Å². The summed E-state index contributed by atoms with van der Waals surface area (Å²) in [5.74, 6) is 1.62. The molecule has 0 radical (unpaired) electrons. The number of alkyl halides is 1. The maximum atomic E-state index is 11.1. The molecule has 1 heterocycles. The topological polar surface area (TPSA) is 61.0 Å². The molecule has 0 fully saturated rings. The monoisotopic (exact) mass is 291 g/mol. The third-order valence-electron chi connectivity index (χ3n) is 2.45. The molecule has 1 aromatic rings. The highest BCUT2D eigenvalue weighted by Gasteiger charge is 2.26. The average molecular weight is 292 g/mol. The molecule has 0 aromatic carbocycles. The van der Waals surface area contributed by atoms with Crippen LogP contribution >= 0.6 is 23.4 Å². The Bertz CT molecular complexity index is 434. The van der Waals surface area contributed by atoms with Crippen LogP contribution in [0.15, 0.2) is 5.03 Å². The summed E-state index contributed by atoms with van der Waals surface area (Å²) in [6.45, 7) is 7.62. The molecule has 0 saturated heterocycles. The highest BCUT2D eigenvalue weighted by molar-refractivity contribution is 7.99. The van der Waals surface area contributed by atoms with E-state index in [1.807, 2.05) is 20.8 Å². The minimum absolute atomic E-state index is 0.103. The maximum Gasteiger partial charge on any atom is 0.323 e. The van der Waals surface area contributed by atoms with Crippen molar-refractivity contribution in [3.05, 3.63) is 15.8 Å². The summed E-state index contributed by atoms with van der Waals surface area (Å²) >= 11 is 7.22. The fourth-order valence-corrected chi connectivity index (χ4v) is 3.02. The minimum Gasteiger partial charge on any atom is -0.258 e. The smallest absolute Gasteiger partial charge is 0.258 e. The molecule has 1 aromatic heterocycles. The van der Waals surface area contributed by atoms with Gasteiger partial charge in [0.2, 0.25) is 0 Å². The number of aryl methyl sites for hydroxylation is 1. The molecular formula is C11H18ClN3O2S. The minimum atomic E-state index is -0.352. The zero-order valence-electron chi connectivity index (χ0n) is 11.0. The number of halogens is 1. The van der Waals surface area contributed by atoms with E-state index in [1.165, 1.54) is 11.8 Å². The van der Waals surface area contributed by atoms with Crippen LogP contribution in [0.3, 0.4) is 0 Å². The summed E-state index contributed by atoms with van der Waals surface area (Å²) in [5.41, 5.74) is 0.588. The molecule has 0 saturated carbocycles. The number of thioether (sulfide) groups is 1. The Kier molecular flexibility index (Phi) is 5.47. The van der Waals surface area contributed by atoms with Crippen molar-refractivity contribution in [2.75, 3.05) is 11.6 Å². The first-order valence-corrected chi connectivity index (χ1v) is 7.32. The van der Waals surface area contributed by atoms with E-state index in [4.69, 9.17) is 11.6 Å². The standard InChI is InChI=1S/C11H18ClN3O2S/c1-7(2)14-11(18-6-8(3)5-12)10(15(16)17)9(4)13-14/h7-8H,5-6H2,1-4H3. The molecule has 0 N–H and O–H groups in total. The summed E-state index contributed by atoms with van der Waals surface area (Å²) in [4.78, 5) is 10.8. The van der Waals surface area contributed by atoms with Gasteiger partial charge in [0.25, 0.3) is 0 Å². The second kappa shape index (κ2) is 6.43. The summed E-state index contributed by atoms with van der Waals surface area (Å²) in [7, 11) is 0. The number of nitro groups is 1. The van der Waals surface area contributed by atoms with Crippen molar-refractivity contribution in [1.29, 1.82) is 0 Å². The van der Waals surface area contributed by atoms with Gasteiger partial charge < -0.3 is 0 Å². The van der Waals surface area contributed by atoms with Crippen LogP contribution in [0.4, 0.5) is 5.69 Å². The maximum absolute atomic E-state index is 11.1. The molecule has 18 heavy (non-hydrogen) atoms. The summed E-state index contributed by atoms with van der Waals surface area (Å²) in [6.07, 6.45) is 0. The van der Waals surface area contributed by atoms with Crippen LogP contribution in [-0.2, 0) is 0 Å². The van der Waals surface area contributed by atoms with E-state index in [0.717, 1.165) is 5.75 Å². The van der Waals surface area contributed by atoms with Crippen LogP contribution in [0.2, 0.25) is 0 Å². The highest BCUT2D eigenvalue weighted by Crippen LogP contribution is 2.35. The number of rotatable bonds is 6. The molecule has 7 heteroatoms. The van der Waals surface area contributed by atoms with Gasteiger partial charge in [-0.2, -0.15) is 5.10 Å². The predicted molar refractivity (Wildman–Crippen MR) is 74.6 cm³/mol. The van der Waals surface area contributed by atoms with Gasteiger partial charge in [0.05, 0.1) is 4.92 Å². The Labute approximate surface area is 116 Å². The largest absolute Gasteiger partial charge is 0.323 e. The average Bonchev–Trinajstić information content (AvgIpc) is 2.63. The van der Waals surface area contributed by atoms with Crippen molar-refractivity contribution in [3.8, 4) is 0 Å². The van der Waals surface area contributed by atoms with Gasteiger partial charge in [-0.05, 0) is 26.7 Å². The van der Waals surface area contributed by atoms with Crippen LogP contribution < -0.4 is 0 Å². The second-order valence-electron chi connectivity index (χ2n) is 4.61. The van der Waals surface area contributed by atoms with Crippen molar-refractivity contribution in [1.82, 2.24) is 9.78 Å². The Balaban J connectivity index is 3.08. The molecule has 1 atom stereocenters. The third-order valence-corrected chi connectivity index (χ3v) is 4.37. The quantitative estimate of drug-likeness (QED) is 0.347. The first-order chi connectivity index (χ1) is 8.38. The molecule has 0 aliphatic rings. The zero-order chi connectivity index (χ0) is 13.9. The summed E-state index contributed by atoms with van der Waals surface area (Å²) in [6, 6.07) is 0.103. The predicted octanol–water partition coefficient (Wildman–Crippen LogP) is 3.65. The SMILES string of the molecule is Cc1nn(C(C)C)c(SCC(C)CCl)c1[N+](=O)[O-]. The van der Waals surface area contributed by atoms with Crippen LogP contribution in [0, 0.1) is 23.0 Å². The third kappa shape index (κ3) is 3.38. The summed E-state index contributed by atoms with van der Waals surface area (Å²) < 4.78 is 1.72. The van der Waals surface area contributed by atoms with Gasteiger partial charge >= 0.3 is 5.69 Å². The van der Waals surface area contributed by atoms with E-state index in [9.17, 15) is 10.1 Å². The normalized spacial score (nSPS) is 13.0. The lowest BCUT2D eigenvalue weighted by Gasteiger charge is -2.11. The molecule has 0 aliphatic heterocycles. The van der Waals surface area contributed by atoms with Gasteiger partial charge in [0, 0.05) is 17.7 Å². The Morgan fingerprint density at radius 2 is 2.11 bits per heavy atom. The van der Waals surface area contributed by atoms with Gasteiger partial charge in [0.15, 0.2) is 5.03 Å².